The topological polar surface area (TPSA) is 70.7 Å². The highest BCUT2D eigenvalue weighted by atomic mass is 16.5. The number of nitrogens with one attached hydrogen (secondary N) is 2. The van der Waals surface area contributed by atoms with E-state index in [2.05, 4.69) is 21.6 Å². The van der Waals surface area contributed by atoms with E-state index in [4.69, 9.17) is 4.74 Å². The normalized spacial score (nSPS) is 20.4. The first-order chi connectivity index (χ1) is 14.1. The molecule has 6 heteroatoms. The second kappa shape index (κ2) is 8.22. The van der Waals surface area contributed by atoms with E-state index in [9.17, 15) is 9.59 Å². The minimum atomic E-state index is -0.757. The summed E-state index contributed by atoms with van der Waals surface area (Å²) in [6.45, 7) is 0.0883. The molecule has 2 aromatic rings. The summed E-state index contributed by atoms with van der Waals surface area (Å²) in [5, 5.41) is 5.62. The Morgan fingerprint density at radius 3 is 2.72 bits per heavy atom. The van der Waals surface area contributed by atoms with Crippen LogP contribution in [-0.4, -0.2) is 37.6 Å². The summed E-state index contributed by atoms with van der Waals surface area (Å²) in [5.41, 5.74) is 2.33. The van der Waals surface area contributed by atoms with Gasteiger partial charge in [0.1, 0.15) is 18.4 Å². The highest BCUT2D eigenvalue weighted by Crippen LogP contribution is 2.26. The van der Waals surface area contributed by atoms with Crippen LogP contribution in [0.15, 0.2) is 78.4 Å². The zero-order valence-electron chi connectivity index (χ0n) is 16.2. The van der Waals surface area contributed by atoms with Crippen LogP contribution in [0.2, 0.25) is 0 Å². The maximum Gasteiger partial charge on any atom is 0.250 e. The summed E-state index contributed by atoms with van der Waals surface area (Å²) < 4.78 is 5.70. The molecule has 4 rings (SSSR count). The molecular formula is C23H23N3O3. The Morgan fingerprint density at radius 2 is 1.90 bits per heavy atom. The lowest BCUT2D eigenvalue weighted by Crippen LogP contribution is -2.47. The fourth-order valence-corrected chi connectivity index (χ4v) is 3.47. The third-order valence-electron chi connectivity index (χ3n) is 5.18. The van der Waals surface area contributed by atoms with Crippen molar-refractivity contribution in [2.75, 3.05) is 23.9 Å². The number of benzene rings is 2. The molecule has 6 nitrogen and oxygen atoms in total. The average molecular weight is 389 g/mol. The van der Waals surface area contributed by atoms with Crippen LogP contribution in [0, 0.1) is 0 Å². The van der Waals surface area contributed by atoms with Crippen LogP contribution in [0.4, 0.5) is 11.4 Å². The van der Waals surface area contributed by atoms with Crippen LogP contribution in [0.25, 0.3) is 0 Å². The predicted molar refractivity (Wildman–Crippen MR) is 113 cm³/mol. The van der Waals surface area contributed by atoms with E-state index in [-0.39, 0.29) is 24.5 Å². The lowest BCUT2D eigenvalue weighted by atomic mass is 9.98. The number of hydrogen-bond donors (Lipinski definition) is 2. The van der Waals surface area contributed by atoms with Gasteiger partial charge in [-0.2, -0.15) is 0 Å². The van der Waals surface area contributed by atoms with Crippen LogP contribution in [-0.2, 0) is 9.59 Å². The van der Waals surface area contributed by atoms with Crippen molar-refractivity contribution in [1.82, 2.24) is 5.32 Å². The third kappa shape index (κ3) is 4.16. The summed E-state index contributed by atoms with van der Waals surface area (Å²) >= 11 is 0. The Hall–Kier alpha value is -3.54. The van der Waals surface area contributed by atoms with Gasteiger partial charge < -0.3 is 20.3 Å². The second-order valence-corrected chi connectivity index (χ2v) is 7.12. The number of ether oxygens (including phenoxy) is 1. The first-order valence-electron chi connectivity index (χ1n) is 9.60. The molecule has 1 unspecified atom stereocenters. The molecule has 0 saturated heterocycles. The van der Waals surface area contributed by atoms with E-state index in [1.807, 2.05) is 55.6 Å². The SMILES string of the molecule is CN(c1ccccc1)C1C=CC=C(C(=O)N[C@H]2COc3ccccc3NC2=O)C1. The summed E-state index contributed by atoms with van der Waals surface area (Å²) in [6, 6.07) is 16.6. The lowest BCUT2D eigenvalue weighted by Gasteiger charge is -2.30. The fraction of sp³-hybridized carbons (Fsp3) is 0.217. The minimum Gasteiger partial charge on any atom is -0.489 e. The van der Waals surface area contributed by atoms with E-state index < -0.39 is 6.04 Å². The highest BCUT2D eigenvalue weighted by molar-refractivity contribution is 6.02. The lowest BCUT2D eigenvalue weighted by molar-refractivity contribution is -0.124. The van der Waals surface area contributed by atoms with Crippen LogP contribution in [0.3, 0.4) is 0 Å². The summed E-state index contributed by atoms with van der Waals surface area (Å²) in [4.78, 5) is 27.5. The first kappa shape index (κ1) is 18.8. The molecule has 2 N–H and O–H groups in total. The van der Waals surface area contributed by atoms with Crippen molar-refractivity contribution in [2.24, 2.45) is 0 Å². The molecule has 148 valence electrons. The Kier molecular flexibility index (Phi) is 5.33. The zero-order valence-corrected chi connectivity index (χ0v) is 16.2. The average Bonchev–Trinajstić information content (AvgIpc) is 2.92. The van der Waals surface area contributed by atoms with E-state index in [1.165, 1.54) is 0 Å². The number of anilines is 2. The maximum absolute atomic E-state index is 12.8. The van der Waals surface area contributed by atoms with Crippen molar-refractivity contribution in [3.63, 3.8) is 0 Å². The number of nitrogens with zero attached hydrogens (tertiary/aromatic N) is 1. The van der Waals surface area contributed by atoms with Crippen molar-refractivity contribution in [1.29, 1.82) is 0 Å². The maximum atomic E-state index is 12.8. The number of carbonyl (C=O) groups excluding carboxylic acids is 2. The van der Waals surface area contributed by atoms with Gasteiger partial charge in [0.05, 0.1) is 11.7 Å². The van der Waals surface area contributed by atoms with Crippen molar-refractivity contribution in [3.05, 3.63) is 78.4 Å². The minimum absolute atomic E-state index is 0.0617. The van der Waals surface area contributed by atoms with E-state index >= 15 is 0 Å². The molecule has 0 fully saturated rings. The van der Waals surface area contributed by atoms with E-state index in [0.29, 0.717) is 23.4 Å². The van der Waals surface area contributed by atoms with Gasteiger partial charge in [0, 0.05) is 24.7 Å². The second-order valence-electron chi connectivity index (χ2n) is 7.12. The largest absolute Gasteiger partial charge is 0.489 e. The Balaban J connectivity index is 1.40. The molecule has 2 amide bonds. The molecule has 0 radical (unpaired) electrons. The molecule has 1 heterocycles. The highest BCUT2D eigenvalue weighted by Gasteiger charge is 2.28. The van der Waals surface area contributed by atoms with Crippen molar-refractivity contribution >= 4 is 23.2 Å². The third-order valence-corrected chi connectivity index (χ3v) is 5.18. The molecule has 1 aliphatic carbocycles. The number of rotatable bonds is 4. The van der Waals surface area contributed by atoms with Gasteiger partial charge >= 0.3 is 0 Å². The van der Waals surface area contributed by atoms with Crippen LogP contribution in [0.1, 0.15) is 6.42 Å². The molecule has 1 aliphatic heterocycles. The van der Waals surface area contributed by atoms with Gasteiger partial charge in [-0.3, -0.25) is 9.59 Å². The molecule has 0 spiro atoms. The van der Waals surface area contributed by atoms with Gasteiger partial charge in [-0.15, -0.1) is 0 Å². The zero-order chi connectivity index (χ0) is 20.2. The molecule has 0 bridgehead atoms. The predicted octanol–water partition coefficient (Wildman–Crippen LogP) is 2.89. The number of hydrogen-bond acceptors (Lipinski definition) is 4. The van der Waals surface area contributed by atoms with Gasteiger partial charge in [-0.1, -0.05) is 48.6 Å². The monoisotopic (exact) mass is 389 g/mol. The smallest absolute Gasteiger partial charge is 0.250 e. The van der Waals surface area contributed by atoms with Gasteiger partial charge in [-0.05, 0) is 24.3 Å². The Morgan fingerprint density at radius 1 is 1.14 bits per heavy atom. The molecular weight excluding hydrogens is 366 g/mol. The van der Waals surface area contributed by atoms with Gasteiger partial charge in [0.2, 0.25) is 5.91 Å². The van der Waals surface area contributed by atoms with Crippen LogP contribution >= 0.6 is 0 Å². The van der Waals surface area contributed by atoms with Crippen LogP contribution in [0.5, 0.6) is 5.75 Å². The number of allylic oxidation sites excluding steroid dienone is 2. The molecule has 29 heavy (non-hydrogen) atoms. The van der Waals surface area contributed by atoms with Crippen LogP contribution < -0.4 is 20.3 Å². The molecule has 0 aromatic heterocycles. The summed E-state index contributed by atoms with van der Waals surface area (Å²) in [5.74, 6) is 0.0608. The Labute approximate surface area is 169 Å². The number of amides is 2. The van der Waals surface area contributed by atoms with Gasteiger partial charge in [0.25, 0.3) is 5.91 Å². The van der Waals surface area contributed by atoms with E-state index in [1.54, 1.807) is 18.2 Å². The molecule has 2 atom stereocenters. The number of fused-ring (bicyclic) bond motifs is 1. The standard InChI is InChI=1S/C23H23N3O3/c1-26(17-9-3-2-4-10-17)18-11-7-8-16(14-18)22(27)25-20-15-29-21-13-6-5-12-19(21)24-23(20)28/h2-13,18,20H,14-15H2,1H3,(H,24,28)(H,25,27)/t18?,20-/m0/s1. The summed E-state index contributed by atoms with van der Waals surface area (Å²) in [6.07, 6.45) is 6.32. The van der Waals surface area contributed by atoms with Crippen molar-refractivity contribution in [2.45, 2.75) is 18.5 Å². The van der Waals surface area contributed by atoms with Crippen molar-refractivity contribution in [3.8, 4) is 5.75 Å². The number of carbonyl (C=O) groups is 2. The molecule has 0 saturated carbocycles. The Bertz CT molecular complexity index is 968. The van der Waals surface area contributed by atoms with Gasteiger partial charge in [0.15, 0.2) is 0 Å². The summed E-state index contributed by atoms with van der Waals surface area (Å²) in [7, 11) is 2.01. The molecule has 2 aromatic carbocycles. The van der Waals surface area contributed by atoms with E-state index in [0.717, 1.165) is 5.69 Å². The fourth-order valence-electron chi connectivity index (χ4n) is 3.47. The molecule has 2 aliphatic rings. The quantitative estimate of drug-likeness (QED) is 0.844. The number of para-hydroxylation sites is 3. The van der Waals surface area contributed by atoms with Crippen molar-refractivity contribution < 1.29 is 14.3 Å². The number of likely N-dealkylation sites (N-methyl/N-ethyl adjacent to an activating group) is 1. The first-order valence-corrected chi connectivity index (χ1v) is 9.60. The van der Waals surface area contributed by atoms with Gasteiger partial charge in [-0.25, -0.2) is 0 Å².